The van der Waals surface area contributed by atoms with Gasteiger partial charge in [0.05, 0.1) is 13.7 Å². The van der Waals surface area contributed by atoms with Crippen LogP contribution in [-0.4, -0.2) is 36.0 Å². The number of methoxy groups -OCH3 is 1. The Labute approximate surface area is 238 Å². The molecule has 0 spiro atoms. The summed E-state index contributed by atoms with van der Waals surface area (Å²) in [5.41, 5.74) is 4.61. The average Bonchev–Trinajstić information content (AvgIpc) is 3.33. The summed E-state index contributed by atoms with van der Waals surface area (Å²) < 4.78 is 11.0. The summed E-state index contributed by atoms with van der Waals surface area (Å²) in [4.78, 5) is 40.9. The second-order valence-corrected chi connectivity index (χ2v) is 9.87. The fourth-order valence-electron chi connectivity index (χ4n) is 4.71. The molecule has 1 aliphatic rings. The van der Waals surface area contributed by atoms with E-state index in [1.807, 2.05) is 61.5 Å². The van der Waals surface area contributed by atoms with Crippen LogP contribution in [0.25, 0.3) is 0 Å². The average molecular weight is 550 g/mol. The van der Waals surface area contributed by atoms with E-state index in [0.29, 0.717) is 29.1 Å². The molecule has 208 valence electrons. The third kappa shape index (κ3) is 6.55. The van der Waals surface area contributed by atoms with Crippen LogP contribution >= 0.6 is 0 Å². The van der Waals surface area contributed by atoms with Crippen LogP contribution in [0.3, 0.4) is 0 Å². The number of hydrogen-bond donors (Lipinski definition) is 2. The number of cyclic esters (lactones) is 1. The van der Waals surface area contributed by atoms with E-state index in [1.54, 1.807) is 55.6 Å². The van der Waals surface area contributed by atoms with Crippen LogP contribution in [0.1, 0.15) is 38.7 Å². The minimum Gasteiger partial charge on any atom is -0.497 e. The van der Waals surface area contributed by atoms with Crippen molar-refractivity contribution in [2.45, 2.75) is 32.2 Å². The Hall–Kier alpha value is -5.11. The summed E-state index contributed by atoms with van der Waals surface area (Å²) in [5, 5.41) is 5.83. The summed E-state index contributed by atoms with van der Waals surface area (Å²) >= 11 is 0. The summed E-state index contributed by atoms with van der Waals surface area (Å²) in [7, 11) is 1.54. The molecule has 8 nitrogen and oxygen atoms in total. The fourth-order valence-corrected chi connectivity index (χ4v) is 4.71. The van der Waals surface area contributed by atoms with Gasteiger partial charge in [-0.1, -0.05) is 78.4 Å². The second kappa shape index (κ2) is 12.4. The number of anilines is 1. The molecule has 0 bridgehead atoms. The van der Waals surface area contributed by atoms with Gasteiger partial charge in [0, 0.05) is 17.8 Å². The number of aryl methyl sites for hydroxylation is 1. The molecule has 0 radical (unpaired) electrons. The predicted octanol–water partition coefficient (Wildman–Crippen LogP) is 5.63. The van der Waals surface area contributed by atoms with Gasteiger partial charge in [-0.3, -0.25) is 14.5 Å². The van der Waals surface area contributed by atoms with Crippen LogP contribution in [0.2, 0.25) is 0 Å². The van der Waals surface area contributed by atoms with Gasteiger partial charge in [0.2, 0.25) is 5.91 Å². The largest absolute Gasteiger partial charge is 0.497 e. The van der Waals surface area contributed by atoms with Crippen LogP contribution in [0, 0.1) is 6.92 Å². The molecule has 1 fully saturated rings. The quantitative estimate of drug-likeness (QED) is 0.282. The topological polar surface area (TPSA) is 97.0 Å². The number of hydrogen-bond acceptors (Lipinski definition) is 5. The van der Waals surface area contributed by atoms with Crippen molar-refractivity contribution in [2.75, 3.05) is 12.4 Å². The Morgan fingerprint density at radius 3 is 2.32 bits per heavy atom. The molecule has 2 atom stereocenters. The molecule has 5 rings (SSSR count). The van der Waals surface area contributed by atoms with Crippen LogP contribution in [0.15, 0.2) is 103 Å². The number of ether oxygens (including phenoxy) is 2. The number of nitrogens with zero attached hydrogens (tertiary/aromatic N) is 1. The van der Waals surface area contributed by atoms with E-state index >= 15 is 0 Å². The molecule has 4 aromatic rings. The van der Waals surface area contributed by atoms with Crippen molar-refractivity contribution in [1.82, 2.24) is 10.2 Å². The Morgan fingerprint density at radius 2 is 1.61 bits per heavy atom. The van der Waals surface area contributed by atoms with Crippen molar-refractivity contribution in [3.05, 3.63) is 131 Å². The molecule has 0 saturated carbocycles. The highest BCUT2D eigenvalue weighted by atomic mass is 16.6. The van der Waals surface area contributed by atoms with Crippen molar-refractivity contribution in [3.63, 3.8) is 0 Å². The lowest BCUT2D eigenvalue weighted by Gasteiger charge is -2.24. The molecule has 0 aliphatic carbocycles. The fraction of sp³-hybridized carbons (Fsp3) is 0.182. The Morgan fingerprint density at radius 1 is 0.878 bits per heavy atom. The highest BCUT2D eigenvalue weighted by Gasteiger charge is 2.46. The summed E-state index contributed by atoms with van der Waals surface area (Å²) in [6.45, 7) is 2.55. The van der Waals surface area contributed by atoms with Crippen molar-refractivity contribution >= 4 is 23.6 Å². The lowest BCUT2D eigenvalue weighted by molar-refractivity contribution is -0.126. The molecule has 2 N–H and O–H groups in total. The van der Waals surface area contributed by atoms with Gasteiger partial charge < -0.3 is 20.1 Å². The Bertz CT molecular complexity index is 1520. The third-order valence-corrected chi connectivity index (χ3v) is 6.97. The number of carbonyl (C=O) groups excluding carboxylic acids is 3. The minimum absolute atomic E-state index is 0.230. The van der Waals surface area contributed by atoms with Crippen molar-refractivity contribution < 1.29 is 23.9 Å². The van der Waals surface area contributed by atoms with Gasteiger partial charge in [-0.05, 0) is 53.9 Å². The maximum Gasteiger partial charge on any atom is 0.411 e. The molecule has 4 aromatic carbocycles. The predicted molar refractivity (Wildman–Crippen MR) is 155 cm³/mol. The number of nitrogens with one attached hydrogen (secondary N) is 2. The first kappa shape index (κ1) is 27.5. The molecule has 41 heavy (non-hydrogen) atoms. The third-order valence-electron chi connectivity index (χ3n) is 6.97. The van der Waals surface area contributed by atoms with Crippen LogP contribution in [0.4, 0.5) is 10.5 Å². The summed E-state index contributed by atoms with van der Waals surface area (Å²) in [5.74, 6) is -0.0126. The Balaban J connectivity index is 1.35. The number of benzene rings is 4. The monoisotopic (exact) mass is 549 g/mol. The van der Waals surface area contributed by atoms with Crippen molar-refractivity contribution in [1.29, 1.82) is 0 Å². The molecule has 3 amide bonds. The van der Waals surface area contributed by atoms with Crippen molar-refractivity contribution in [3.8, 4) is 5.75 Å². The van der Waals surface area contributed by atoms with Gasteiger partial charge in [0.15, 0.2) is 12.1 Å². The van der Waals surface area contributed by atoms with E-state index in [1.165, 1.54) is 4.90 Å². The van der Waals surface area contributed by atoms with E-state index in [2.05, 4.69) is 10.6 Å². The van der Waals surface area contributed by atoms with Gasteiger partial charge in [0.25, 0.3) is 5.91 Å². The van der Waals surface area contributed by atoms with Crippen molar-refractivity contribution in [2.24, 2.45) is 0 Å². The molecule has 1 aliphatic heterocycles. The highest BCUT2D eigenvalue weighted by molar-refractivity contribution is 6.04. The van der Waals surface area contributed by atoms with Crippen LogP contribution < -0.4 is 15.4 Å². The Kier molecular flexibility index (Phi) is 8.29. The van der Waals surface area contributed by atoms with Gasteiger partial charge in [-0.25, -0.2) is 4.79 Å². The first-order chi connectivity index (χ1) is 19.9. The first-order valence-corrected chi connectivity index (χ1v) is 13.3. The highest BCUT2D eigenvalue weighted by Crippen LogP contribution is 2.34. The van der Waals surface area contributed by atoms with E-state index in [0.717, 1.165) is 16.7 Å². The smallest absolute Gasteiger partial charge is 0.411 e. The molecule has 1 saturated heterocycles. The molecular weight excluding hydrogens is 518 g/mol. The zero-order chi connectivity index (χ0) is 28.8. The van der Waals surface area contributed by atoms with Gasteiger partial charge in [-0.2, -0.15) is 0 Å². The molecule has 0 unspecified atom stereocenters. The normalized spacial score (nSPS) is 16.1. The van der Waals surface area contributed by atoms with E-state index in [-0.39, 0.29) is 18.4 Å². The maximum absolute atomic E-state index is 13.6. The summed E-state index contributed by atoms with van der Waals surface area (Å²) in [6, 6.07) is 30.3. The molecule has 1 heterocycles. The lowest BCUT2D eigenvalue weighted by Crippen LogP contribution is -2.46. The van der Waals surface area contributed by atoms with Gasteiger partial charge >= 0.3 is 6.09 Å². The number of carbonyl (C=O) groups is 3. The first-order valence-electron chi connectivity index (χ1n) is 13.3. The van der Waals surface area contributed by atoms with Gasteiger partial charge in [0.1, 0.15) is 5.75 Å². The molecule has 0 aromatic heterocycles. The molecule has 8 heteroatoms. The zero-order valence-corrected chi connectivity index (χ0v) is 22.9. The van der Waals surface area contributed by atoms with Crippen LogP contribution in [-0.2, 0) is 22.6 Å². The molecular formula is C33H31N3O5. The van der Waals surface area contributed by atoms with E-state index < -0.39 is 18.2 Å². The summed E-state index contributed by atoms with van der Waals surface area (Å²) in [6.07, 6.45) is -1.39. The van der Waals surface area contributed by atoms with E-state index in [4.69, 9.17) is 9.47 Å². The lowest BCUT2D eigenvalue weighted by atomic mass is 10.00. The van der Waals surface area contributed by atoms with E-state index in [9.17, 15) is 14.4 Å². The maximum atomic E-state index is 13.6. The van der Waals surface area contributed by atoms with Crippen LogP contribution in [0.5, 0.6) is 5.75 Å². The SMILES string of the molecule is COc1cccc(C(=O)Nc2ccc([C@@H]3OC(=O)N(Cc4ccc(C)cc4)[C@H]3C(=O)NCc3ccccc3)cc2)c1. The second-order valence-electron chi connectivity index (χ2n) is 9.87. The number of rotatable bonds is 9. The zero-order valence-electron chi connectivity index (χ0n) is 22.9. The van der Waals surface area contributed by atoms with Gasteiger partial charge in [-0.15, -0.1) is 0 Å². The standard InChI is InChI=1S/C33H31N3O5/c1-22-11-13-24(14-12-22)21-36-29(32(38)34-20-23-7-4-3-5-8-23)30(41-33(36)39)25-15-17-27(18-16-25)35-31(37)26-9-6-10-28(19-26)40-2/h3-19,29-30H,20-21H2,1-2H3,(H,34,38)(H,35,37)/t29-,30+/m1/s1. The number of amides is 3. The minimum atomic E-state index is -0.884.